The number of H-pyrrole nitrogens is 1. The molecular formula is C21H24N4O2S. The predicted molar refractivity (Wildman–Crippen MR) is 111 cm³/mol. The fraction of sp³-hybridized carbons (Fsp3) is 0.429. The molecule has 1 aliphatic heterocycles. The molecule has 1 amide bonds. The van der Waals surface area contributed by atoms with E-state index in [0.29, 0.717) is 18.8 Å². The normalized spacial score (nSPS) is 18.0. The molecule has 3 aromatic rings. The third kappa shape index (κ3) is 3.08. The van der Waals surface area contributed by atoms with E-state index in [1.165, 1.54) is 6.42 Å². The number of nitrogens with zero attached hydrogens (tertiary/aromatic N) is 2. The van der Waals surface area contributed by atoms with Crippen molar-refractivity contribution in [1.29, 1.82) is 0 Å². The monoisotopic (exact) mass is 396 g/mol. The van der Waals surface area contributed by atoms with Crippen molar-refractivity contribution in [3.8, 4) is 0 Å². The maximum absolute atomic E-state index is 13.0. The van der Waals surface area contributed by atoms with Crippen LogP contribution in [0.2, 0.25) is 0 Å². The van der Waals surface area contributed by atoms with Gasteiger partial charge in [0.15, 0.2) is 5.13 Å². The van der Waals surface area contributed by atoms with Crippen LogP contribution in [0.25, 0.3) is 10.9 Å². The third-order valence-electron chi connectivity index (χ3n) is 6.14. The molecule has 146 valence electrons. The molecule has 3 N–H and O–H groups in total. The lowest BCUT2D eigenvalue weighted by Crippen LogP contribution is -2.39. The maximum atomic E-state index is 13.0. The van der Waals surface area contributed by atoms with E-state index >= 15 is 0 Å². The zero-order chi connectivity index (χ0) is 19.1. The lowest BCUT2D eigenvalue weighted by molar-refractivity contribution is 0.0576. The van der Waals surface area contributed by atoms with Crippen molar-refractivity contribution < 1.29 is 9.90 Å². The Kier molecular flexibility index (Phi) is 4.36. The Morgan fingerprint density at radius 3 is 2.96 bits per heavy atom. The highest BCUT2D eigenvalue weighted by atomic mass is 32.1. The number of aliphatic hydroxyl groups is 1. The van der Waals surface area contributed by atoms with Crippen molar-refractivity contribution in [3.05, 3.63) is 46.6 Å². The first-order valence-electron chi connectivity index (χ1n) is 9.86. The summed E-state index contributed by atoms with van der Waals surface area (Å²) in [5.74, 6) is 0.0402. The molecule has 7 heteroatoms. The minimum Gasteiger partial charge on any atom is -0.396 e. The van der Waals surface area contributed by atoms with Crippen LogP contribution in [0.3, 0.4) is 0 Å². The van der Waals surface area contributed by atoms with Crippen LogP contribution in [0.5, 0.6) is 0 Å². The zero-order valence-electron chi connectivity index (χ0n) is 15.7. The molecule has 0 radical (unpaired) electrons. The topological polar surface area (TPSA) is 81.2 Å². The molecule has 5 rings (SSSR count). The molecule has 1 aliphatic carbocycles. The second-order valence-corrected chi connectivity index (χ2v) is 9.08. The molecule has 6 nitrogen and oxygen atoms in total. The van der Waals surface area contributed by atoms with Gasteiger partial charge in [0.25, 0.3) is 5.91 Å². The molecule has 0 saturated heterocycles. The van der Waals surface area contributed by atoms with E-state index in [1.54, 1.807) is 11.3 Å². The smallest absolute Gasteiger partial charge is 0.270 e. The molecule has 28 heavy (non-hydrogen) atoms. The second-order valence-electron chi connectivity index (χ2n) is 8.00. The number of hydrogen-bond acceptors (Lipinski definition) is 5. The molecule has 1 aromatic carbocycles. The van der Waals surface area contributed by atoms with Gasteiger partial charge >= 0.3 is 0 Å². The lowest BCUT2D eigenvalue weighted by atomic mass is 9.69. The number of aliphatic hydroxyl groups excluding tert-OH is 1. The Morgan fingerprint density at radius 1 is 1.36 bits per heavy atom. The summed E-state index contributed by atoms with van der Waals surface area (Å²) in [5, 5.41) is 15.0. The van der Waals surface area contributed by atoms with Crippen LogP contribution in [-0.4, -0.2) is 45.6 Å². The number of aromatic nitrogens is 2. The summed E-state index contributed by atoms with van der Waals surface area (Å²) in [6, 6.07) is 9.88. The van der Waals surface area contributed by atoms with Crippen molar-refractivity contribution >= 4 is 33.3 Å². The number of carbonyl (C=O) groups is 1. The maximum Gasteiger partial charge on any atom is 0.270 e. The molecule has 0 spiro atoms. The first-order valence-corrected chi connectivity index (χ1v) is 10.7. The number of hydrogen-bond donors (Lipinski definition) is 3. The largest absolute Gasteiger partial charge is 0.396 e. The van der Waals surface area contributed by atoms with Gasteiger partial charge in [-0.2, -0.15) is 0 Å². The van der Waals surface area contributed by atoms with Gasteiger partial charge in [-0.25, -0.2) is 4.98 Å². The van der Waals surface area contributed by atoms with Crippen molar-refractivity contribution in [2.24, 2.45) is 5.41 Å². The molecule has 0 bridgehead atoms. The number of carbonyl (C=O) groups excluding carboxylic acids is 1. The first kappa shape index (κ1) is 17.7. The summed E-state index contributed by atoms with van der Waals surface area (Å²) < 4.78 is 0. The molecule has 0 unspecified atom stereocenters. The molecule has 0 atom stereocenters. The van der Waals surface area contributed by atoms with E-state index in [9.17, 15) is 9.90 Å². The highest BCUT2D eigenvalue weighted by Crippen LogP contribution is 2.41. The standard InChI is InChI=1S/C21H24N4O2S/c26-13-21(7-3-8-21)12-22-20-24-16-6-9-25(11-18(16)28-20)19(27)17-10-14-4-1-2-5-15(14)23-17/h1-2,4-5,10,23,26H,3,6-9,11-13H2,(H,22,24). The summed E-state index contributed by atoms with van der Waals surface area (Å²) in [6.45, 7) is 2.30. The Balaban J connectivity index is 1.28. The average Bonchev–Trinajstić information content (AvgIpc) is 3.30. The number of fused-ring (bicyclic) bond motifs is 2. The van der Waals surface area contributed by atoms with Crippen molar-refractivity contribution in [1.82, 2.24) is 14.9 Å². The van der Waals surface area contributed by atoms with Gasteiger partial charge < -0.3 is 20.3 Å². The van der Waals surface area contributed by atoms with Gasteiger partial charge in [0, 0.05) is 40.7 Å². The third-order valence-corrected chi connectivity index (χ3v) is 7.18. The van der Waals surface area contributed by atoms with Crippen molar-refractivity contribution in [2.75, 3.05) is 25.0 Å². The van der Waals surface area contributed by atoms with Gasteiger partial charge in [-0.05, 0) is 25.0 Å². The number of thiazole rings is 1. The first-order chi connectivity index (χ1) is 13.7. The quantitative estimate of drug-likeness (QED) is 0.617. The summed E-state index contributed by atoms with van der Waals surface area (Å²) in [4.78, 5) is 24.0. The van der Waals surface area contributed by atoms with Gasteiger partial charge in [-0.15, -0.1) is 0 Å². The van der Waals surface area contributed by atoms with Crippen LogP contribution >= 0.6 is 11.3 Å². The predicted octanol–water partition coefficient (Wildman–Crippen LogP) is 3.40. The summed E-state index contributed by atoms with van der Waals surface area (Å²) in [5.41, 5.74) is 2.76. The zero-order valence-corrected chi connectivity index (χ0v) is 16.5. The second kappa shape index (κ2) is 6.90. The number of para-hydroxylation sites is 1. The van der Waals surface area contributed by atoms with Crippen molar-refractivity contribution in [2.45, 2.75) is 32.2 Å². The number of anilines is 1. The van der Waals surface area contributed by atoms with E-state index in [1.807, 2.05) is 35.2 Å². The minimum absolute atomic E-state index is 0.0315. The summed E-state index contributed by atoms with van der Waals surface area (Å²) in [7, 11) is 0. The van der Waals surface area contributed by atoms with Crippen molar-refractivity contribution in [3.63, 3.8) is 0 Å². The Morgan fingerprint density at radius 2 is 2.21 bits per heavy atom. The summed E-state index contributed by atoms with van der Waals surface area (Å²) in [6.07, 6.45) is 4.13. The van der Waals surface area contributed by atoms with E-state index in [-0.39, 0.29) is 17.9 Å². The number of benzene rings is 1. The van der Waals surface area contributed by atoms with E-state index in [2.05, 4.69) is 10.3 Å². The Hall–Kier alpha value is -2.38. The fourth-order valence-electron chi connectivity index (χ4n) is 4.13. The van der Waals surface area contributed by atoms with Gasteiger partial charge in [0.1, 0.15) is 5.69 Å². The Labute approximate surface area is 167 Å². The van der Waals surface area contributed by atoms with Crippen LogP contribution < -0.4 is 5.32 Å². The van der Waals surface area contributed by atoms with Gasteiger partial charge in [-0.3, -0.25) is 4.79 Å². The van der Waals surface area contributed by atoms with Crippen LogP contribution in [0.15, 0.2) is 30.3 Å². The molecule has 1 saturated carbocycles. The van der Waals surface area contributed by atoms with Gasteiger partial charge in [-0.1, -0.05) is 36.0 Å². The molecule has 2 aliphatic rings. The van der Waals surface area contributed by atoms with E-state index in [4.69, 9.17) is 4.98 Å². The van der Waals surface area contributed by atoms with Gasteiger partial charge in [0.2, 0.25) is 0 Å². The average molecular weight is 397 g/mol. The minimum atomic E-state index is 0.0315. The molecule has 2 aromatic heterocycles. The lowest BCUT2D eigenvalue weighted by Gasteiger charge is -2.40. The molecular weight excluding hydrogens is 372 g/mol. The van der Waals surface area contributed by atoms with Crippen LogP contribution in [0.4, 0.5) is 5.13 Å². The van der Waals surface area contributed by atoms with Crippen LogP contribution in [-0.2, 0) is 13.0 Å². The highest BCUT2D eigenvalue weighted by Gasteiger charge is 2.36. The van der Waals surface area contributed by atoms with Crippen LogP contribution in [0, 0.1) is 5.41 Å². The van der Waals surface area contributed by atoms with E-state index in [0.717, 1.165) is 52.4 Å². The number of aromatic amines is 1. The fourth-order valence-corrected chi connectivity index (χ4v) is 5.15. The van der Waals surface area contributed by atoms with Gasteiger partial charge in [0.05, 0.1) is 18.8 Å². The number of amides is 1. The van der Waals surface area contributed by atoms with E-state index < -0.39 is 0 Å². The highest BCUT2D eigenvalue weighted by molar-refractivity contribution is 7.15. The Bertz CT molecular complexity index is 982. The van der Waals surface area contributed by atoms with Crippen LogP contribution in [0.1, 0.15) is 40.3 Å². The number of nitrogens with one attached hydrogen (secondary N) is 2. The SMILES string of the molecule is O=C(c1cc2ccccc2[nH]1)N1CCc2nc(NCC3(CO)CCC3)sc2C1. The summed E-state index contributed by atoms with van der Waals surface area (Å²) >= 11 is 1.63. The molecule has 1 fully saturated rings. The number of rotatable bonds is 5. The molecule has 3 heterocycles.